The molecule has 0 radical (unpaired) electrons. The second kappa shape index (κ2) is 8.14. The number of carbonyl (C=O) groups is 1. The Balaban J connectivity index is 0.00000441. The molecule has 0 bridgehead atoms. The third-order valence-electron chi connectivity index (χ3n) is 3.32. The van der Waals surface area contributed by atoms with E-state index in [-0.39, 0.29) is 24.9 Å². The molecular formula is C14H25ClN4O3. The van der Waals surface area contributed by atoms with E-state index in [9.17, 15) is 14.4 Å². The summed E-state index contributed by atoms with van der Waals surface area (Å²) in [5, 5.41) is 2.87. The number of hydrogen-bond acceptors (Lipinski definition) is 4. The van der Waals surface area contributed by atoms with E-state index >= 15 is 0 Å². The fourth-order valence-corrected chi connectivity index (χ4v) is 2.35. The molecule has 1 amide bonds. The van der Waals surface area contributed by atoms with Gasteiger partial charge in [-0.3, -0.25) is 18.7 Å². The number of nitrogens with zero attached hydrogens (tertiary/aromatic N) is 2. The van der Waals surface area contributed by atoms with Crippen LogP contribution in [0.2, 0.25) is 0 Å². The van der Waals surface area contributed by atoms with Crippen LogP contribution in [0.15, 0.2) is 21.9 Å². The van der Waals surface area contributed by atoms with E-state index in [2.05, 4.69) is 19.2 Å². The van der Waals surface area contributed by atoms with Gasteiger partial charge in [-0.25, -0.2) is 4.79 Å². The Morgan fingerprint density at radius 3 is 2.50 bits per heavy atom. The minimum absolute atomic E-state index is 0. The normalized spacial score (nSPS) is 13.4. The molecule has 0 aromatic carbocycles. The quantitative estimate of drug-likeness (QED) is 0.756. The average Bonchev–Trinajstić information content (AvgIpc) is 2.38. The number of halogens is 1. The average molecular weight is 333 g/mol. The van der Waals surface area contributed by atoms with E-state index in [0.717, 1.165) is 11.0 Å². The van der Waals surface area contributed by atoms with Crippen LogP contribution in [0.5, 0.6) is 0 Å². The van der Waals surface area contributed by atoms with Gasteiger partial charge >= 0.3 is 5.69 Å². The highest BCUT2D eigenvalue weighted by Gasteiger charge is 2.25. The maximum Gasteiger partial charge on any atom is 0.331 e. The van der Waals surface area contributed by atoms with Crippen molar-refractivity contribution in [2.45, 2.75) is 39.3 Å². The first kappa shape index (κ1) is 20.4. The highest BCUT2D eigenvalue weighted by molar-refractivity contribution is 5.85. The van der Waals surface area contributed by atoms with Gasteiger partial charge in [-0.05, 0) is 19.3 Å². The Bertz CT molecular complexity index is 623. The Kier molecular flexibility index (Phi) is 7.55. The Hall–Kier alpha value is -1.60. The summed E-state index contributed by atoms with van der Waals surface area (Å²) in [5.41, 5.74) is 4.32. The third kappa shape index (κ3) is 5.31. The Labute approximate surface area is 135 Å². The molecule has 1 rings (SSSR count). The van der Waals surface area contributed by atoms with Gasteiger partial charge in [0.2, 0.25) is 5.91 Å². The van der Waals surface area contributed by atoms with Gasteiger partial charge in [0.1, 0.15) is 6.54 Å². The van der Waals surface area contributed by atoms with Gasteiger partial charge in [0.05, 0.1) is 0 Å². The van der Waals surface area contributed by atoms with Gasteiger partial charge in [-0.1, -0.05) is 13.8 Å². The molecule has 1 unspecified atom stereocenters. The number of amides is 1. The van der Waals surface area contributed by atoms with E-state index in [1.54, 1.807) is 0 Å². The second-order valence-corrected chi connectivity index (χ2v) is 6.03. The second-order valence-electron chi connectivity index (χ2n) is 6.03. The molecule has 8 heteroatoms. The van der Waals surface area contributed by atoms with E-state index in [1.807, 2.05) is 6.92 Å². The largest absolute Gasteiger partial charge is 0.348 e. The maximum absolute atomic E-state index is 12.1. The van der Waals surface area contributed by atoms with Crippen molar-refractivity contribution < 1.29 is 4.79 Å². The molecule has 3 N–H and O–H groups in total. The molecule has 1 aromatic heterocycles. The summed E-state index contributed by atoms with van der Waals surface area (Å²) < 4.78 is 2.16. The van der Waals surface area contributed by atoms with Gasteiger partial charge in [0, 0.05) is 31.4 Å². The minimum Gasteiger partial charge on any atom is -0.348 e. The molecule has 0 aliphatic heterocycles. The third-order valence-corrected chi connectivity index (χ3v) is 3.32. The lowest BCUT2D eigenvalue weighted by Crippen LogP contribution is -2.53. The van der Waals surface area contributed by atoms with Crippen LogP contribution >= 0.6 is 12.4 Å². The van der Waals surface area contributed by atoms with Crippen molar-refractivity contribution in [3.05, 3.63) is 33.1 Å². The van der Waals surface area contributed by atoms with E-state index in [0.29, 0.717) is 12.5 Å². The summed E-state index contributed by atoms with van der Waals surface area (Å²) in [4.78, 5) is 35.3. The lowest BCUT2D eigenvalue weighted by atomic mass is 9.91. The lowest BCUT2D eigenvalue weighted by molar-refractivity contribution is -0.123. The van der Waals surface area contributed by atoms with E-state index in [1.165, 1.54) is 23.9 Å². The Morgan fingerprint density at radius 1 is 1.41 bits per heavy atom. The number of rotatable bonds is 6. The highest BCUT2D eigenvalue weighted by atomic mass is 35.5. The van der Waals surface area contributed by atoms with E-state index in [4.69, 9.17) is 5.73 Å². The fourth-order valence-electron chi connectivity index (χ4n) is 2.35. The fraction of sp³-hybridized carbons (Fsp3) is 0.643. The summed E-state index contributed by atoms with van der Waals surface area (Å²) in [6.45, 7) is 6.17. The van der Waals surface area contributed by atoms with Crippen LogP contribution in [-0.4, -0.2) is 27.1 Å². The first-order chi connectivity index (χ1) is 9.68. The SMILES string of the molecule is CC(C)CC(C)(CN)NC(=O)Cn1ccc(=O)n(C)c1=O.Cl. The molecule has 0 saturated heterocycles. The summed E-state index contributed by atoms with van der Waals surface area (Å²) in [5.74, 6) is 0.0865. The van der Waals surface area contributed by atoms with Crippen LogP contribution in [0.3, 0.4) is 0 Å². The summed E-state index contributed by atoms with van der Waals surface area (Å²) in [6, 6.07) is 1.25. The van der Waals surface area contributed by atoms with Crippen molar-refractivity contribution in [2.24, 2.45) is 18.7 Å². The summed E-state index contributed by atoms with van der Waals surface area (Å²) in [6.07, 6.45) is 2.07. The zero-order valence-corrected chi connectivity index (χ0v) is 14.3. The molecule has 0 saturated carbocycles. The molecule has 0 spiro atoms. The van der Waals surface area contributed by atoms with Crippen LogP contribution in [0.1, 0.15) is 27.2 Å². The molecule has 0 fully saturated rings. The number of carbonyl (C=O) groups excluding carboxylic acids is 1. The van der Waals surface area contributed by atoms with Crippen LogP contribution in [0.4, 0.5) is 0 Å². The van der Waals surface area contributed by atoms with Gasteiger partial charge < -0.3 is 11.1 Å². The predicted octanol–water partition coefficient (Wildman–Crippen LogP) is -0.151. The van der Waals surface area contributed by atoms with Gasteiger partial charge in [-0.15, -0.1) is 12.4 Å². The van der Waals surface area contributed by atoms with Crippen LogP contribution in [-0.2, 0) is 18.4 Å². The number of aromatic nitrogens is 2. The van der Waals surface area contributed by atoms with Crippen molar-refractivity contribution in [1.82, 2.24) is 14.5 Å². The lowest BCUT2D eigenvalue weighted by Gasteiger charge is -2.31. The topological polar surface area (TPSA) is 99.1 Å². The molecule has 1 atom stereocenters. The zero-order valence-electron chi connectivity index (χ0n) is 13.5. The molecule has 1 heterocycles. The molecule has 0 aliphatic rings. The Morgan fingerprint density at radius 2 is 2.00 bits per heavy atom. The van der Waals surface area contributed by atoms with Crippen LogP contribution in [0.25, 0.3) is 0 Å². The smallest absolute Gasteiger partial charge is 0.331 e. The van der Waals surface area contributed by atoms with Crippen molar-refractivity contribution in [3.8, 4) is 0 Å². The highest BCUT2D eigenvalue weighted by Crippen LogP contribution is 2.15. The maximum atomic E-state index is 12.1. The molecule has 22 heavy (non-hydrogen) atoms. The van der Waals surface area contributed by atoms with Crippen molar-refractivity contribution >= 4 is 18.3 Å². The number of nitrogens with two attached hydrogens (primary N) is 1. The van der Waals surface area contributed by atoms with Gasteiger partial charge in [0.25, 0.3) is 5.56 Å². The molecule has 0 aliphatic carbocycles. The van der Waals surface area contributed by atoms with Crippen molar-refractivity contribution in [2.75, 3.05) is 6.54 Å². The number of nitrogens with one attached hydrogen (secondary N) is 1. The minimum atomic E-state index is -0.518. The number of hydrogen-bond donors (Lipinski definition) is 2. The summed E-state index contributed by atoms with van der Waals surface area (Å²) in [7, 11) is 1.38. The molecule has 7 nitrogen and oxygen atoms in total. The molecular weight excluding hydrogens is 308 g/mol. The monoisotopic (exact) mass is 332 g/mol. The van der Waals surface area contributed by atoms with Crippen LogP contribution in [0, 0.1) is 5.92 Å². The van der Waals surface area contributed by atoms with Crippen molar-refractivity contribution in [1.29, 1.82) is 0 Å². The first-order valence-corrected chi connectivity index (χ1v) is 6.96. The van der Waals surface area contributed by atoms with Crippen molar-refractivity contribution in [3.63, 3.8) is 0 Å². The van der Waals surface area contributed by atoms with E-state index < -0.39 is 16.8 Å². The van der Waals surface area contributed by atoms with Gasteiger partial charge in [-0.2, -0.15) is 0 Å². The predicted molar refractivity (Wildman–Crippen MR) is 88.2 cm³/mol. The zero-order chi connectivity index (χ0) is 16.2. The standard InChI is InChI=1S/C14H24N4O3.ClH/c1-10(2)7-14(3,9-15)16-11(19)8-18-6-5-12(20)17(4)13(18)21;/h5-6,10H,7-9,15H2,1-4H3,(H,16,19);1H. The van der Waals surface area contributed by atoms with Gasteiger partial charge in [0.15, 0.2) is 0 Å². The molecule has 1 aromatic rings. The molecule has 126 valence electrons. The van der Waals surface area contributed by atoms with Crippen LogP contribution < -0.4 is 22.3 Å². The summed E-state index contributed by atoms with van der Waals surface area (Å²) >= 11 is 0. The first-order valence-electron chi connectivity index (χ1n) is 6.96.